The van der Waals surface area contributed by atoms with Crippen LogP contribution < -0.4 is 10.6 Å². The van der Waals surface area contributed by atoms with Gasteiger partial charge in [0.1, 0.15) is 0 Å². The number of nitrogens with zero attached hydrogens (tertiary/aromatic N) is 1. The molecule has 0 bridgehead atoms. The Kier molecular flexibility index (Phi) is 3.41. The molecule has 20 heavy (non-hydrogen) atoms. The maximum Gasteiger partial charge on any atom is 0.259 e. The molecule has 1 aliphatic rings. The smallest absolute Gasteiger partial charge is 0.259 e. The number of para-hydroxylation sites is 1. The SMILES string of the molecule is Cc1cccc(C(=O)N2CCc3cccc(N)c32)c1I. The van der Waals surface area contributed by atoms with Gasteiger partial charge in [0.25, 0.3) is 5.91 Å². The maximum atomic E-state index is 12.8. The molecule has 0 spiro atoms. The van der Waals surface area contributed by atoms with Crippen LogP contribution in [0.4, 0.5) is 11.4 Å². The predicted octanol–water partition coefficient (Wildman–Crippen LogP) is 3.38. The summed E-state index contributed by atoms with van der Waals surface area (Å²) in [6.45, 7) is 2.72. The zero-order valence-corrected chi connectivity index (χ0v) is 13.3. The molecule has 102 valence electrons. The van der Waals surface area contributed by atoms with Crippen LogP contribution in [0, 0.1) is 10.5 Å². The van der Waals surface area contributed by atoms with Gasteiger partial charge in [-0.2, -0.15) is 0 Å². The minimum absolute atomic E-state index is 0.0368. The molecule has 1 aliphatic heterocycles. The minimum atomic E-state index is 0.0368. The van der Waals surface area contributed by atoms with E-state index in [1.54, 1.807) is 0 Å². The summed E-state index contributed by atoms with van der Waals surface area (Å²) in [6.07, 6.45) is 0.870. The Hall–Kier alpha value is -1.56. The summed E-state index contributed by atoms with van der Waals surface area (Å²) < 4.78 is 1.01. The molecule has 2 aromatic carbocycles. The summed E-state index contributed by atoms with van der Waals surface area (Å²) in [5.41, 5.74) is 10.6. The molecule has 0 fully saturated rings. The lowest BCUT2D eigenvalue weighted by atomic mass is 10.1. The molecule has 3 rings (SSSR count). The minimum Gasteiger partial charge on any atom is -0.397 e. The zero-order chi connectivity index (χ0) is 14.3. The lowest BCUT2D eigenvalue weighted by Crippen LogP contribution is -2.30. The third-order valence-corrected chi connectivity index (χ3v) is 5.12. The van der Waals surface area contributed by atoms with Gasteiger partial charge in [-0.3, -0.25) is 4.79 Å². The number of fused-ring (bicyclic) bond motifs is 1. The molecule has 4 heteroatoms. The van der Waals surface area contributed by atoms with Crippen LogP contribution in [0.5, 0.6) is 0 Å². The van der Waals surface area contributed by atoms with Gasteiger partial charge in [0.15, 0.2) is 0 Å². The first-order valence-electron chi connectivity index (χ1n) is 6.54. The Balaban J connectivity index is 2.04. The van der Waals surface area contributed by atoms with E-state index in [-0.39, 0.29) is 5.91 Å². The number of amides is 1. The van der Waals surface area contributed by atoms with Gasteiger partial charge in [0, 0.05) is 10.1 Å². The van der Waals surface area contributed by atoms with Crippen molar-refractivity contribution in [3.8, 4) is 0 Å². The highest BCUT2D eigenvalue weighted by molar-refractivity contribution is 14.1. The highest BCUT2D eigenvalue weighted by Gasteiger charge is 2.28. The van der Waals surface area contributed by atoms with E-state index in [1.165, 1.54) is 0 Å². The molecule has 0 aliphatic carbocycles. The van der Waals surface area contributed by atoms with Crippen molar-refractivity contribution in [3.05, 3.63) is 56.7 Å². The lowest BCUT2D eigenvalue weighted by molar-refractivity contribution is 0.0988. The van der Waals surface area contributed by atoms with Crippen LogP contribution in [-0.4, -0.2) is 12.5 Å². The second kappa shape index (κ2) is 5.09. The summed E-state index contributed by atoms with van der Waals surface area (Å²) in [5, 5.41) is 0. The summed E-state index contributed by atoms with van der Waals surface area (Å²) in [7, 11) is 0. The number of aryl methyl sites for hydroxylation is 1. The molecule has 0 atom stereocenters. The van der Waals surface area contributed by atoms with Crippen LogP contribution in [0.1, 0.15) is 21.5 Å². The highest BCUT2D eigenvalue weighted by atomic mass is 127. The molecule has 3 nitrogen and oxygen atoms in total. The Morgan fingerprint density at radius 2 is 2.00 bits per heavy atom. The van der Waals surface area contributed by atoms with Crippen molar-refractivity contribution < 1.29 is 4.79 Å². The summed E-state index contributed by atoms with van der Waals surface area (Å²) in [6, 6.07) is 11.7. The van der Waals surface area contributed by atoms with Crippen LogP contribution in [0.15, 0.2) is 36.4 Å². The molecule has 0 aromatic heterocycles. The number of nitrogen functional groups attached to an aromatic ring is 1. The molecule has 0 saturated heterocycles. The van der Waals surface area contributed by atoms with E-state index in [1.807, 2.05) is 48.2 Å². The first-order chi connectivity index (χ1) is 9.59. The van der Waals surface area contributed by atoms with Gasteiger partial charge >= 0.3 is 0 Å². The van der Waals surface area contributed by atoms with Gasteiger partial charge < -0.3 is 10.6 Å². The number of benzene rings is 2. The van der Waals surface area contributed by atoms with Crippen LogP contribution in [0.25, 0.3) is 0 Å². The predicted molar refractivity (Wildman–Crippen MR) is 90.1 cm³/mol. The Labute approximate surface area is 131 Å². The quantitative estimate of drug-likeness (QED) is 0.611. The van der Waals surface area contributed by atoms with E-state index in [0.717, 1.165) is 32.4 Å². The number of halogens is 1. The lowest BCUT2D eigenvalue weighted by Gasteiger charge is -2.20. The fourth-order valence-electron chi connectivity index (χ4n) is 2.65. The summed E-state index contributed by atoms with van der Waals surface area (Å²) >= 11 is 2.24. The van der Waals surface area contributed by atoms with Gasteiger partial charge in [-0.15, -0.1) is 0 Å². The molecule has 0 unspecified atom stereocenters. The van der Waals surface area contributed by atoms with Crippen molar-refractivity contribution in [2.24, 2.45) is 0 Å². The average Bonchev–Trinajstić information content (AvgIpc) is 2.86. The topological polar surface area (TPSA) is 46.3 Å². The monoisotopic (exact) mass is 378 g/mol. The number of nitrogens with two attached hydrogens (primary N) is 1. The average molecular weight is 378 g/mol. The van der Waals surface area contributed by atoms with E-state index in [4.69, 9.17) is 5.73 Å². The number of carbonyl (C=O) groups is 1. The van der Waals surface area contributed by atoms with Crippen molar-refractivity contribution in [2.75, 3.05) is 17.2 Å². The second-order valence-corrected chi connectivity index (χ2v) is 6.08. The fourth-order valence-corrected chi connectivity index (χ4v) is 3.24. The van der Waals surface area contributed by atoms with E-state index < -0.39 is 0 Å². The van der Waals surface area contributed by atoms with E-state index in [2.05, 4.69) is 22.6 Å². The first kappa shape index (κ1) is 13.4. The summed E-state index contributed by atoms with van der Waals surface area (Å²) in [4.78, 5) is 14.6. The van der Waals surface area contributed by atoms with Gasteiger partial charge in [-0.1, -0.05) is 24.3 Å². The molecular formula is C16H15IN2O. The van der Waals surface area contributed by atoms with Gasteiger partial charge in [0.05, 0.1) is 16.9 Å². The molecular weight excluding hydrogens is 363 g/mol. The van der Waals surface area contributed by atoms with Crippen molar-refractivity contribution in [3.63, 3.8) is 0 Å². The molecule has 0 radical (unpaired) electrons. The van der Waals surface area contributed by atoms with Crippen molar-refractivity contribution in [1.29, 1.82) is 0 Å². The van der Waals surface area contributed by atoms with Crippen LogP contribution >= 0.6 is 22.6 Å². The maximum absolute atomic E-state index is 12.8. The fraction of sp³-hybridized carbons (Fsp3) is 0.188. The zero-order valence-electron chi connectivity index (χ0n) is 11.2. The highest BCUT2D eigenvalue weighted by Crippen LogP contribution is 2.35. The number of hydrogen-bond acceptors (Lipinski definition) is 2. The van der Waals surface area contributed by atoms with Crippen molar-refractivity contribution >= 4 is 39.9 Å². The standard InChI is InChI=1S/C16H15IN2O/c1-10-4-2-6-12(14(10)17)16(20)19-9-8-11-5-3-7-13(18)15(11)19/h2-7H,8-9,18H2,1H3. The molecule has 1 heterocycles. The Morgan fingerprint density at radius 3 is 2.80 bits per heavy atom. The third kappa shape index (κ3) is 2.08. The van der Waals surface area contributed by atoms with E-state index in [9.17, 15) is 4.79 Å². The molecule has 2 aromatic rings. The van der Waals surface area contributed by atoms with E-state index >= 15 is 0 Å². The molecule has 1 amide bonds. The first-order valence-corrected chi connectivity index (χ1v) is 7.62. The Morgan fingerprint density at radius 1 is 1.25 bits per heavy atom. The number of anilines is 2. The summed E-state index contributed by atoms with van der Waals surface area (Å²) in [5.74, 6) is 0.0368. The number of carbonyl (C=O) groups excluding carboxylic acids is 1. The number of rotatable bonds is 1. The van der Waals surface area contributed by atoms with Crippen LogP contribution in [0.3, 0.4) is 0 Å². The van der Waals surface area contributed by atoms with Gasteiger partial charge in [-0.05, 0) is 59.2 Å². The largest absolute Gasteiger partial charge is 0.397 e. The van der Waals surface area contributed by atoms with Crippen LogP contribution in [-0.2, 0) is 6.42 Å². The van der Waals surface area contributed by atoms with Crippen molar-refractivity contribution in [1.82, 2.24) is 0 Å². The van der Waals surface area contributed by atoms with E-state index in [0.29, 0.717) is 12.2 Å². The number of hydrogen-bond donors (Lipinski definition) is 1. The molecule has 0 saturated carbocycles. The Bertz CT molecular complexity index is 697. The van der Waals surface area contributed by atoms with Crippen molar-refractivity contribution in [2.45, 2.75) is 13.3 Å². The van der Waals surface area contributed by atoms with Gasteiger partial charge in [0.2, 0.25) is 0 Å². The normalized spacial score (nSPS) is 13.4. The van der Waals surface area contributed by atoms with Crippen LogP contribution in [0.2, 0.25) is 0 Å². The molecule has 2 N–H and O–H groups in total. The second-order valence-electron chi connectivity index (χ2n) is 5.00. The van der Waals surface area contributed by atoms with Gasteiger partial charge in [-0.25, -0.2) is 0 Å². The third-order valence-electron chi connectivity index (χ3n) is 3.69.